The smallest absolute Gasteiger partial charge is 0.339 e. The number of nitrogens with zero attached hydrogens (tertiary/aromatic N) is 1. The van der Waals surface area contributed by atoms with Gasteiger partial charge in [-0.1, -0.05) is 11.6 Å². The Hall–Kier alpha value is -1.13. The van der Waals surface area contributed by atoms with Crippen molar-refractivity contribution in [2.45, 2.75) is 0 Å². The summed E-state index contributed by atoms with van der Waals surface area (Å²) in [6, 6.07) is 3.30. The summed E-state index contributed by atoms with van der Waals surface area (Å²) in [6.45, 7) is 0. The summed E-state index contributed by atoms with van der Waals surface area (Å²) < 4.78 is 5.42. The van der Waals surface area contributed by atoms with Crippen molar-refractivity contribution in [3.63, 3.8) is 0 Å². The van der Waals surface area contributed by atoms with Crippen LogP contribution in [0.15, 0.2) is 17.6 Å². The molecule has 0 amide bonds. The molecule has 2 rings (SSSR count). The van der Waals surface area contributed by atoms with E-state index in [1.807, 2.05) is 0 Å². The first kappa shape index (κ1) is 9.43. The van der Waals surface area contributed by atoms with Gasteiger partial charge in [0.15, 0.2) is 0 Å². The van der Waals surface area contributed by atoms with Crippen LogP contribution >= 0.6 is 22.9 Å². The molecular formula is C9H6ClNO2S. The summed E-state index contributed by atoms with van der Waals surface area (Å²) in [5.74, 6) is -0.365. The van der Waals surface area contributed by atoms with Gasteiger partial charge in [0.1, 0.15) is 5.52 Å². The van der Waals surface area contributed by atoms with Crippen molar-refractivity contribution in [2.75, 3.05) is 7.11 Å². The number of ether oxygens (including phenoxy) is 1. The molecule has 14 heavy (non-hydrogen) atoms. The standard InChI is InChI=1S/C9H6ClNO2S/c1-13-9(12)5-2-3-6(10)7-8(5)14-4-11-7/h2-4H,1H3. The number of esters is 1. The molecule has 0 aliphatic heterocycles. The first-order valence-corrected chi connectivity index (χ1v) is 5.10. The highest BCUT2D eigenvalue weighted by Crippen LogP contribution is 2.28. The molecule has 1 aromatic heterocycles. The van der Waals surface area contributed by atoms with Crippen molar-refractivity contribution < 1.29 is 9.53 Å². The molecule has 0 N–H and O–H groups in total. The molecule has 0 aliphatic rings. The number of methoxy groups -OCH3 is 1. The molecule has 0 aliphatic carbocycles. The molecule has 0 bridgehead atoms. The van der Waals surface area contributed by atoms with Crippen LogP contribution in [0.2, 0.25) is 5.02 Å². The molecule has 0 saturated heterocycles. The highest BCUT2D eigenvalue weighted by Gasteiger charge is 2.13. The third-order valence-corrected chi connectivity index (χ3v) is 3.00. The number of fused-ring (bicyclic) bond motifs is 1. The van der Waals surface area contributed by atoms with Gasteiger partial charge in [0, 0.05) is 0 Å². The van der Waals surface area contributed by atoms with E-state index in [4.69, 9.17) is 11.6 Å². The first-order chi connectivity index (χ1) is 6.74. The van der Waals surface area contributed by atoms with E-state index in [2.05, 4.69) is 9.72 Å². The fourth-order valence-electron chi connectivity index (χ4n) is 1.19. The number of hydrogen-bond acceptors (Lipinski definition) is 4. The summed E-state index contributed by atoms with van der Waals surface area (Å²) in [7, 11) is 1.35. The summed E-state index contributed by atoms with van der Waals surface area (Å²) in [6.07, 6.45) is 0. The molecule has 0 atom stereocenters. The fourth-order valence-corrected chi connectivity index (χ4v) is 2.27. The average molecular weight is 228 g/mol. The maximum absolute atomic E-state index is 11.4. The van der Waals surface area contributed by atoms with Crippen molar-refractivity contribution in [2.24, 2.45) is 0 Å². The minimum Gasteiger partial charge on any atom is -0.465 e. The van der Waals surface area contributed by atoms with E-state index in [-0.39, 0.29) is 5.97 Å². The molecule has 2 aromatic rings. The number of thiazole rings is 1. The van der Waals surface area contributed by atoms with Gasteiger partial charge >= 0.3 is 5.97 Å². The van der Waals surface area contributed by atoms with Crippen LogP contribution in [0.3, 0.4) is 0 Å². The van der Waals surface area contributed by atoms with Crippen LogP contribution in [-0.4, -0.2) is 18.1 Å². The lowest BCUT2D eigenvalue weighted by molar-refractivity contribution is 0.0603. The number of rotatable bonds is 1. The summed E-state index contributed by atoms with van der Waals surface area (Å²) >= 11 is 7.29. The third-order valence-electron chi connectivity index (χ3n) is 1.84. The Balaban J connectivity index is 2.72. The highest BCUT2D eigenvalue weighted by atomic mass is 35.5. The Labute approximate surface area is 89.3 Å². The zero-order valence-corrected chi connectivity index (χ0v) is 8.85. The van der Waals surface area contributed by atoms with Gasteiger partial charge in [0.2, 0.25) is 0 Å². The minimum atomic E-state index is -0.365. The normalized spacial score (nSPS) is 10.4. The van der Waals surface area contributed by atoms with Crippen LogP contribution < -0.4 is 0 Å². The van der Waals surface area contributed by atoms with E-state index >= 15 is 0 Å². The van der Waals surface area contributed by atoms with E-state index in [0.717, 1.165) is 4.70 Å². The van der Waals surface area contributed by atoms with Gasteiger partial charge in [-0.15, -0.1) is 11.3 Å². The van der Waals surface area contributed by atoms with Crippen LogP contribution in [0, 0.1) is 0 Å². The number of halogens is 1. The van der Waals surface area contributed by atoms with Crippen molar-refractivity contribution in [1.82, 2.24) is 4.98 Å². The topological polar surface area (TPSA) is 39.2 Å². The van der Waals surface area contributed by atoms with Gasteiger partial charge in [0.05, 0.1) is 27.9 Å². The lowest BCUT2D eigenvalue weighted by Gasteiger charge is -2.00. The summed E-state index contributed by atoms with van der Waals surface area (Å²) in [5, 5.41) is 0.550. The SMILES string of the molecule is COC(=O)c1ccc(Cl)c2ncsc12. The molecule has 1 heterocycles. The largest absolute Gasteiger partial charge is 0.465 e. The molecule has 5 heteroatoms. The highest BCUT2D eigenvalue weighted by molar-refractivity contribution is 7.17. The van der Waals surface area contributed by atoms with Gasteiger partial charge in [-0.3, -0.25) is 0 Å². The average Bonchev–Trinajstić information content (AvgIpc) is 2.67. The fraction of sp³-hybridized carbons (Fsp3) is 0.111. The monoisotopic (exact) mass is 227 g/mol. The third kappa shape index (κ3) is 1.36. The molecule has 1 aromatic carbocycles. The first-order valence-electron chi connectivity index (χ1n) is 3.84. The second-order valence-electron chi connectivity index (χ2n) is 2.62. The predicted molar refractivity (Wildman–Crippen MR) is 56.0 cm³/mol. The molecule has 0 saturated carbocycles. The van der Waals surface area contributed by atoms with Crippen LogP contribution in [0.5, 0.6) is 0 Å². The molecule has 0 radical (unpaired) electrons. The maximum atomic E-state index is 11.4. The zero-order chi connectivity index (χ0) is 10.1. The Morgan fingerprint density at radius 3 is 3.07 bits per heavy atom. The number of hydrogen-bond donors (Lipinski definition) is 0. The van der Waals surface area contributed by atoms with Crippen LogP contribution in [0.1, 0.15) is 10.4 Å². The lowest BCUT2D eigenvalue weighted by Crippen LogP contribution is -2.00. The Kier molecular flexibility index (Phi) is 2.39. The zero-order valence-electron chi connectivity index (χ0n) is 7.28. The molecule has 0 fully saturated rings. The van der Waals surface area contributed by atoms with Crippen molar-refractivity contribution in [3.8, 4) is 0 Å². The molecular weight excluding hydrogens is 222 g/mol. The van der Waals surface area contributed by atoms with Gasteiger partial charge < -0.3 is 4.74 Å². The Morgan fingerprint density at radius 1 is 1.57 bits per heavy atom. The quantitative estimate of drug-likeness (QED) is 0.704. The van der Waals surface area contributed by atoms with Crippen molar-refractivity contribution >= 4 is 39.1 Å². The molecule has 0 unspecified atom stereocenters. The Bertz CT molecular complexity index is 495. The number of carbonyl (C=O) groups excluding carboxylic acids is 1. The van der Waals surface area contributed by atoms with Crippen molar-refractivity contribution in [1.29, 1.82) is 0 Å². The van der Waals surface area contributed by atoms with E-state index < -0.39 is 0 Å². The number of carbonyl (C=O) groups is 1. The van der Waals surface area contributed by atoms with Gasteiger partial charge in [-0.25, -0.2) is 9.78 Å². The predicted octanol–water partition coefficient (Wildman–Crippen LogP) is 2.74. The van der Waals surface area contributed by atoms with E-state index in [1.165, 1.54) is 18.4 Å². The lowest BCUT2D eigenvalue weighted by atomic mass is 10.2. The Morgan fingerprint density at radius 2 is 2.36 bits per heavy atom. The van der Waals surface area contributed by atoms with Gasteiger partial charge in [-0.2, -0.15) is 0 Å². The number of aromatic nitrogens is 1. The van der Waals surface area contributed by atoms with Crippen molar-refractivity contribution in [3.05, 3.63) is 28.2 Å². The summed E-state index contributed by atoms with van der Waals surface area (Å²) in [4.78, 5) is 15.4. The van der Waals surface area contributed by atoms with Crippen LogP contribution in [0.4, 0.5) is 0 Å². The summed E-state index contributed by atoms with van der Waals surface area (Å²) in [5.41, 5.74) is 2.82. The van der Waals surface area contributed by atoms with Gasteiger partial charge in [0.25, 0.3) is 0 Å². The minimum absolute atomic E-state index is 0.365. The van der Waals surface area contributed by atoms with Gasteiger partial charge in [-0.05, 0) is 12.1 Å². The van der Waals surface area contributed by atoms with Crippen LogP contribution in [0.25, 0.3) is 10.2 Å². The second kappa shape index (κ2) is 3.55. The van der Waals surface area contributed by atoms with Crippen LogP contribution in [-0.2, 0) is 4.74 Å². The maximum Gasteiger partial charge on any atom is 0.339 e. The molecule has 3 nitrogen and oxygen atoms in total. The van der Waals surface area contributed by atoms with E-state index in [0.29, 0.717) is 16.1 Å². The molecule has 0 spiro atoms. The van der Waals surface area contributed by atoms with E-state index in [1.54, 1.807) is 17.6 Å². The molecule has 72 valence electrons. The number of benzene rings is 1. The van der Waals surface area contributed by atoms with E-state index in [9.17, 15) is 4.79 Å². The second-order valence-corrected chi connectivity index (χ2v) is 3.88.